The smallest absolute Gasteiger partial charge is 0.271 e. The third kappa shape index (κ3) is 3.44. The average Bonchev–Trinajstić information content (AvgIpc) is 3.35. The minimum Gasteiger partial charge on any atom is -0.454 e. The summed E-state index contributed by atoms with van der Waals surface area (Å²) in [4.78, 5) is 28.5. The highest BCUT2D eigenvalue weighted by atomic mass is 16.7. The Balaban J connectivity index is 1.56. The Morgan fingerprint density at radius 3 is 2.77 bits per heavy atom. The molecule has 6 nitrogen and oxygen atoms in total. The molecule has 3 atom stereocenters. The number of nitrogens with zero attached hydrogens (tertiary/aromatic N) is 2. The van der Waals surface area contributed by atoms with Crippen molar-refractivity contribution in [2.24, 2.45) is 17.3 Å². The second-order valence-corrected chi connectivity index (χ2v) is 9.66. The van der Waals surface area contributed by atoms with Crippen molar-refractivity contribution >= 4 is 17.7 Å². The van der Waals surface area contributed by atoms with Gasteiger partial charge in [0.1, 0.15) is 5.70 Å². The molecule has 1 amide bonds. The van der Waals surface area contributed by atoms with Crippen LogP contribution in [-0.2, 0) is 4.79 Å². The number of aromatic nitrogens is 1. The van der Waals surface area contributed by atoms with Crippen LogP contribution in [0.1, 0.15) is 39.2 Å². The zero-order valence-corrected chi connectivity index (χ0v) is 18.2. The molecule has 0 radical (unpaired) electrons. The lowest BCUT2D eigenvalue weighted by molar-refractivity contribution is -0.127. The van der Waals surface area contributed by atoms with Crippen LogP contribution >= 0.6 is 0 Å². The molecule has 1 aromatic carbocycles. The van der Waals surface area contributed by atoms with Gasteiger partial charge in [0.05, 0.1) is 0 Å². The van der Waals surface area contributed by atoms with Gasteiger partial charge in [-0.2, -0.15) is 0 Å². The fraction of sp³-hybridized carbons (Fsp3) is 0.440. The van der Waals surface area contributed by atoms with Gasteiger partial charge in [0.15, 0.2) is 11.5 Å². The minimum atomic E-state index is -0.224. The predicted molar refractivity (Wildman–Crippen MR) is 119 cm³/mol. The van der Waals surface area contributed by atoms with Crippen LogP contribution in [0.5, 0.6) is 11.5 Å². The number of hydrogen-bond donors (Lipinski definition) is 0. The van der Waals surface area contributed by atoms with Gasteiger partial charge >= 0.3 is 0 Å². The van der Waals surface area contributed by atoms with Gasteiger partial charge in [0.25, 0.3) is 11.5 Å². The van der Waals surface area contributed by atoms with Crippen LogP contribution in [-0.4, -0.2) is 34.8 Å². The first-order chi connectivity index (χ1) is 14.8. The molecule has 2 aliphatic heterocycles. The van der Waals surface area contributed by atoms with Gasteiger partial charge < -0.3 is 14.4 Å². The van der Waals surface area contributed by atoms with E-state index in [9.17, 15) is 9.59 Å². The number of ether oxygens (including phenoxy) is 2. The normalized spacial score (nSPS) is 26.2. The highest BCUT2D eigenvalue weighted by Gasteiger charge is 2.49. The molecule has 0 spiro atoms. The van der Waals surface area contributed by atoms with Crippen molar-refractivity contribution in [3.05, 3.63) is 58.5 Å². The van der Waals surface area contributed by atoms with Gasteiger partial charge in [-0.05, 0) is 59.9 Å². The van der Waals surface area contributed by atoms with E-state index in [0.29, 0.717) is 29.0 Å². The number of carbonyl (C=O) groups is 1. The minimum absolute atomic E-state index is 0.0944. The molecule has 2 bridgehead atoms. The first-order valence-electron chi connectivity index (χ1n) is 10.9. The molecule has 6 heteroatoms. The Morgan fingerprint density at radius 2 is 1.97 bits per heavy atom. The molecule has 162 valence electrons. The summed E-state index contributed by atoms with van der Waals surface area (Å²) in [6.07, 6.45) is 5.61. The van der Waals surface area contributed by atoms with E-state index in [1.54, 1.807) is 24.4 Å². The number of rotatable bonds is 3. The number of amides is 1. The Morgan fingerprint density at radius 1 is 1.16 bits per heavy atom. The molecule has 1 saturated carbocycles. The van der Waals surface area contributed by atoms with Crippen molar-refractivity contribution in [2.75, 3.05) is 13.3 Å². The number of likely N-dealkylation sites (tertiary alicyclic amines) is 1. The number of hydrogen-bond acceptors (Lipinski definition) is 4. The highest BCUT2D eigenvalue weighted by Crippen LogP contribution is 2.49. The van der Waals surface area contributed by atoms with Crippen LogP contribution in [0.25, 0.3) is 11.8 Å². The standard InChI is InChI=1S/C25H28N2O4/c1-16-19-11-18(13-25(16,2)3)14-27(19)24(29)20(26-9-5-4-6-23(26)28)10-17-7-8-21-22(12-17)31-15-30-21/h4-10,12,16,18-19H,11,13-15H2,1-3H3/b20-10+. The lowest BCUT2D eigenvalue weighted by Gasteiger charge is -2.42. The molecule has 3 aliphatic rings. The van der Waals surface area contributed by atoms with Crippen molar-refractivity contribution in [1.82, 2.24) is 9.47 Å². The van der Waals surface area contributed by atoms with Crippen LogP contribution in [0.4, 0.5) is 0 Å². The highest BCUT2D eigenvalue weighted by molar-refractivity contribution is 6.18. The third-order valence-electron chi connectivity index (χ3n) is 7.32. The van der Waals surface area contributed by atoms with E-state index in [-0.39, 0.29) is 29.7 Å². The fourth-order valence-electron chi connectivity index (χ4n) is 5.43. The summed E-state index contributed by atoms with van der Waals surface area (Å²) >= 11 is 0. The summed E-state index contributed by atoms with van der Waals surface area (Å²) < 4.78 is 12.3. The maximum absolute atomic E-state index is 13.9. The molecule has 3 heterocycles. The maximum atomic E-state index is 13.9. The molecule has 0 N–H and O–H groups in total. The zero-order valence-electron chi connectivity index (χ0n) is 18.2. The molecule has 1 saturated heterocycles. The summed E-state index contributed by atoms with van der Waals surface area (Å²) in [6.45, 7) is 7.79. The largest absolute Gasteiger partial charge is 0.454 e. The second kappa shape index (κ2) is 7.29. The molecule has 31 heavy (non-hydrogen) atoms. The molecule has 2 fully saturated rings. The van der Waals surface area contributed by atoms with Gasteiger partial charge in [-0.15, -0.1) is 0 Å². The number of carbonyl (C=O) groups excluding carboxylic acids is 1. The summed E-state index contributed by atoms with van der Waals surface area (Å²) in [5.74, 6) is 2.15. The number of fused-ring (bicyclic) bond motifs is 3. The Kier molecular flexibility index (Phi) is 4.68. The van der Waals surface area contributed by atoms with Crippen LogP contribution in [0.2, 0.25) is 0 Å². The van der Waals surface area contributed by atoms with E-state index >= 15 is 0 Å². The Bertz CT molecular complexity index is 1120. The third-order valence-corrected chi connectivity index (χ3v) is 7.32. The lowest BCUT2D eigenvalue weighted by Crippen LogP contribution is -2.45. The van der Waals surface area contributed by atoms with Crippen LogP contribution < -0.4 is 15.0 Å². The topological polar surface area (TPSA) is 60.8 Å². The van der Waals surface area contributed by atoms with Gasteiger partial charge in [-0.1, -0.05) is 32.9 Å². The molecule has 5 rings (SSSR count). The lowest BCUT2D eigenvalue weighted by atomic mass is 9.65. The van der Waals surface area contributed by atoms with Gasteiger partial charge in [0, 0.05) is 24.8 Å². The van der Waals surface area contributed by atoms with Gasteiger partial charge in [0.2, 0.25) is 6.79 Å². The molecule has 1 aromatic heterocycles. The SMILES string of the molecule is CC1C2CC(CN2C(=O)/C(=C\c2ccc3c(c2)OCO3)n2ccccc2=O)CC1(C)C. The van der Waals surface area contributed by atoms with Crippen LogP contribution in [0, 0.1) is 17.3 Å². The van der Waals surface area contributed by atoms with E-state index in [2.05, 4.69) is 20.8 Å². The number of pyridine rings is 1. The van der Waals surface area contributed by atoms with E-state index < -0.39 is 0 Å². The predicted octanol–water partition coefficient (Wildman–Crippen LogP) is 3.86. The fourth-order valence-corrected chi connectivity index (χ4v) is 5.43. The van der Waals surface area contributed by atoms with Crippen molar-refractivity contribution in [1.29, 1.82) is 0 Å². The molecule has 2 aromatic rings. The molecular weight excluding hydrogens is 392 g/mol. The Hall–Kier alpha value is -3.02. The van der Waals surface area contributed by atoms with Crippen molar-refractivity contribution in [3.8, 4) is 11.5 Å². The molecular formula is C25H28N2O4. The average molecular weight is 421 g/mol. The monoisotopic (exact) mass is 420 g/mol. The van der Waals surface area contributed by atoms with Crippen LogP contribution in [0.3, 0.4) is 0 Å². The summed E-state index contributed by atoms with van der Waals surface area (Å²) in [5.41, 5.74) is 1.13. The summed E-state index contributed by atoms with van der Waals surface area (Å²) in [5, 5.41) is 0. The van der Waals surface area contributed by atoms with E-state index in [1.165, 1.54) is 10.6 Å². The second-order valence-electron chi connectivity index (χ2n) is 9.66. The van der Waals surface area contributed by atoms with Crippen molar-refractivity contribution < 1.29 is 14.3 Å². The zero-order chi connectivity index (χ0) is 21.8. The quantitative estimate of drug-likeness (QED) is 0.708. The van der Waals surface area contributed by atoms with Gasteiger partial charge in [-0.3, -0.25) is 14.2 Å². The van der Waals surface area contributed by atoms with E-state index in [4.69, 9.17) is 9.47 Å². The summed E-state index contributed by atoms with van der Waals surface area (Å²) in [7, 11) is 0. The Labute approximate surface area is 182 Å². The first-order valence-corrected chi connectivity index (χ1v) is 10.9. The molecule has 1 aliphatic carbocycles. The van der Waals surface area contributed by atoms with E-state index in [1.807, 2.05) is 23.1 Å². The molecule has 3 unspecified atom stereocenters. The van der Waals surface area contributed by atoms with Gasteiger partial charge in [-0.25, -0.2) is 0 Å². The summed E-state index contributed by atoms with van der Waals surface area (Å²) in [6, 6.07) is 10.7. The maximum Gasteiger partial charge on any atom is 0.271 e. The number of benzene rings is 1. The van der Waals surface area contributed by atoms with E-state index in [0.717, 1.165) is 24.9 Å². The van der Waals surface area contributed by atoms with Crippen molar-refractivity contribution in [2.45, 2.75) is 39.7 Å². The first kappa shape index (κ1) is 19.9. The van der Waals surface area contributed by atoms with Crippen molar-refractivity contribution in [3.63, 3.8) is 0 Å². The van der Waals surface area contributed by atoms with Crippen LogP contribution in [0.15, 0.2) is 47.4 Å².